The molecule has 0 saturated carbocycles. The predicted octanol–water partition coefficient (Wildman–Crippen LogP) is 2.40. The highest BCUT2D eigenvalue weighted by Gasteiger charge is 2.34. The van der Waals surface area contributed by atoms with Crippen LogP contribution in [0.3, 0.4) is 0 Å². The van der Waals surface area contributed by atoms with Gasteiger partial charge in [-0.05, 0) is 5.56 Å². The third-order valence-electron chi connectivity index (χ3n) is 3.51. The van der Waals surface area contributed by atoms with Crippen LogP contribution in [0.4, 0.5) is 0 Å². The fraction of sp³-hybridized carbons (Fsp3) is 0.267. The van der Waals surface area contributed by atoms with Crippen LogP contribution in [0.25, 0.3) is 0 Å². The summed E-state index contributed by atoms with van der Waals surface area (Å²) in [6, 6.07) is 10.5. The summed E-state index contributed by atoms with van der Waals surface area (Å²) < 4.78 is 0. The molecule has 17 heavy (non-hydrogen) atoms. The van der Waals surface area contributed by atoms with Crippen molar-refractivity contribution < 1.29 is 4.79 Å². The lowest BCUT2D eigenvalue weighted by atomic mass is 9.82. The third kappa shape index (κ3) is 1.96. The lowest BCUT2D eigenvalue weighted by Gasteiger charge is -2.35. The topological polar surface area (TPSA) is 29.1 Å². The molecule has 1 aromatic rings. The second kappa shape index (κ2) is 4.30. The van der Waals surface area contributed by atoms with E-state index in [0.29, 0.717) is 12.2 Å². The van der Waals surface area contributed by atoms with Gasteiger partial charge >= 0.3 is 0 Å². The van der Waals surface area contributed by atoms with Crippen LogP contribution in [0.15, 0.2) is 54.6 Å². The van der Waals surface area contributed by atoms with E-state index in [-0.39, 0.29) is 18.0 Å². The van der Waals surface area contributed by atoms with E-state index in [1.54, 1.807) is 0 Å². The van der Waals surface area contributed by atoms with Gasteiger partial charge in [0.05, 0.1) is 5.92 Å². The maximum absolute atomic E-state index is 12.1. The molecule has 3 unspecified atom stereocenters. The molecular weight excluding hydrogens is 210 g/mol. The van der Waals surface area contributed by atoms with Gasteiger partial charge in [-0.1, -0.05) is 54.6 Å². The number of hydrogen-bond donors (Lipinski definition) is 1. The molecule has 1 aliphatic carbocycles. The van der Waals surface area contributed by atoms with Crippen LogP contribution in [0.5, 0.6) is 0 Å². The van der Waals surface area contributed by atoms with E-state index >= 15 is 0 Å². The van der Waals surface area contributed by atoms with Crippen LogP contribution >= 0.6 is 0 Å². The molecule has 2 nitrogen and oxygen atoms in total. The van der Waals surface area contributed by atoms with E-state index < -0.39 is 0 Å². The summed E-state index contributed by atoms with van der Waals surface area (Å²) in [6.45, 7) is 0. The van der Waals surface area contributed by atoms with E-state index in [1.807, 2.05) is 36.4 Å². The Labute approximate surface area is 101 Å². The molecule has 2 aliphatic rings. The van der Waals surface area contributed by atoms with Crippen molar-refractivity contribution in [2.45, 2.75) is 18.5 Å². The zero-order chi connectivity index (χ0) is 11.7. The number of fused-ring (bicyclic) bond motifs is 1. The van der Waals surface area contributed by atoms with Crippen LogP contribution in [0.2, 0.25) is 0 Å². The minimum Gasteiger partial charge on any atom is -0.302 e. The van der Waals surface area contributed by atoms with E-state index in [9.17, 15) is 4.79 Å². The number of nitrogens with one attached hydrogen (secondary N) is 1. The molecule has 1 aliphatic heterocycles. The molecule has 0 aromatic heterocycles. The molecule has 3 rings (SSSR count). The van der Waals surface area contributed by atoms with Crippen LogP contribution < -0.4 is 5.32 Å². The number of rotatable bonds is 1. The number of ketones is 1. The van der Waals surface area contributed by atoms with Gasteiger partial charge in [-0.2, -0.15) is 0 Å². The molecule has 0 bridgehead atoms. The first-order chi connectivity index (χ1) is 8.34. The van der Waals surface area contributed by atoms with Gasteiger partial charge in [0.15, 0.2) is 0 Å². The van der Waals surface area contributed by atoms with Crippen molar-refractivity contribution in [3.05, 3.63) is 60.2 Å². The summed E-state index contributed by atoms with van der Waals surface area (Å²) in [5, 5.41) is 3.54. The van der Waals surface area contributed by atoms with Gasteiger partial charge in [0.25, 0.3) is 0 Å². The molecular formula is C15H15NO. The Balaban J connectivity index is 1.85. The minimum absolute atomic E-state index is 0.0277. The number of hydrogen-bond acceptors (Lipinski definition) is 2. The van der Waals surface area contributed by atoms with Crippen molar-refractivity contribution in [2.24, 2.45) is 5.92 Å². The van der Waals surface area contributed by atoms with Crippen LogP contribution in [0, 0.1) is 5.92 Å². The lowest BCUT2D eigenvalue weighted by Crippen LogP contribution is -2.46. The normalized spacial score (nSPS) is 31.3. The van der Waals surface area contributed by atoms with Gasteiger partial charge in [0.1, 0.15) is 5.78 Å². The zero-order valence-electron chi connectivity index (χ0n) is 9.54. The number of benzene rings is 1. The molecule has 3 atom stereocenters. The van der Waals surface area contributed by atoms with E-state index in [2.05, 4.69) is 23.5 Å². The van der Waals surface area contributed by atoms with Crippen molar-refractivity contribution in [2.75, 3.05) is 0 Å². The Bertz CT molecular complexity index is 475. The highest BCUT2D eigenvalue weighted by Crippen LogP contribution is 2.29. The molecule has 0 spiro atoms. The van der Waals surface area contributed by atoms with Gasteiger partial charge < -0.3 is 5.32 Å². The summed E-state index contributed by atoms with van der Waals surface area (Å²) in [5.74, 6) is 0.364. The van der Waals surface area contributed by atoms with Gasteiger partial charge in [-0.25, -0.2) is 0 Å². The van der Waals surface area contributed by atoms with E-state index in [4.69, 9.17) is 0 Å². The minimum atomic E-state index is 0.0277. The fourth-order valence-corrected chi connectivity index (χ4v) is 2.60. The van der Waals surface area contributed by atoms with Crippen molar-refractivity contribution in [1.82, 2.24) is 5.32 Å². The monoisotopic (exact) mass is 225 g/mol. The SMILES string of the molecule is O=C1CC(c2ccccc2)NC2C=CC=CC12. The Morgan fingerprint density at radius 2 is 1.82 bits per heavy atom. The summed E-state index contributed by atoms with van der Waals surface area (Å²) in [4.78, 5) is 12.1. The second-order valence-corrected chi connectivity index (χ2v) is 4.62. The van der Waals surface area contributed by atoms with E-state index in [0.717, 1.165) is 0 Å². The number of allylic oxidation sites excluding steroid dienone is 2. The highest BCUT2D eigenvalue weighted by molar-refractivity contribution is 5.85. The highest BCUT2D eigenvalue weighted by atomic mass is 16.1. The lowest BCUT2D eigenvalue weighted by molar-refractivity contribution is -0.124. The van der Waals surface area contributed by atoms with E-state index in [1.165, 1.54) is 5.56 Å². The molecule has 1 aromatic carbocycles. The Morgan fingerprint density at radius 1 is 1.06 bits per heavy atom. The largest absolute Gasteiger partial charge is 0.302 e. The van der Waals surface area contributed by atoms with Crippen LogP contribution in [0.1, 0.15) is 18.0 Å². The van der Waals surface area contributed by atoms with Crippen molar-refractivity contribution >= 4 is 5.78 Å². The fourth-order valence-electron chi connectivity index (χ4n) is 2.60. The Hall–Kier alpha value is -1.67. The molecule has 0 amide bonds. The summed E-state index contributed by atoms with van der Waals surface area (Å²) in [6.07, 6.45) is 8.64. The Kier molecular flexibility index (Phi) is 2.65. The standard InChI is InChI=1S/C15H15NO/c17-15-10-14(11-6-2-1-3-7-11)16-13-9-5-4-8-12(13)15/h1-9,12-14,16H,10H2. The summed E-state index contributed by atoms with van der Waals surface area (Å²) >= 11 is 0. The van der Waals surface area contributed by atoms with Crippen molar-refractivity contribution in [1.29, 1.82) is 0 Å². The number of carbonyl (C=O) groups is 1. The van der Waals surface area contributed by atoms with Gasteiger partial charge in [0.2, 0.25) is 0 Å². The van der Waals surface area contributed by atoms with Crippen molar-refractivity contribution in [3.8, 4) is 0 Å². The number of Topliss-reactive ketones (excluding diaryl/α,β-unsaturated/α-hetero) is 1. The van der Waals surface area contributed by atoms with Crippen molar-refractivity contribution in [3.63, 3.8) is 0 Å². The summed E-state index contributed by atoms with van der Waals surface area (Å²) in [7, 11) is 0. The van der Waals surface area contributed by atoms with Gasteiger partial charge in [-0.3, -0.25) is 4.79 Å². The first-order valence-corrected chi connectivity index (χ1v) is 6.03. The zero-order valence-corrected chi connectivity index (χ0v) is 9.54. The average Bonchev–Trinajstić information content (AvgIpc) is 2.40. The maximum atomic E-state index is 12.1. The first kappa shape index (κ1) is 10.5. The first-order valence-electron chi connectivity index (χ1n) is 6.03. The molecule has 1 heterocycles. The second-order valence-electron chi connectivity index (χ2n) is 4.62. The number of piperidine rings is 1. The molecule has 1 saturated heterocycles. The summed E-state index contributed by atoms with van der Waals surface area (Å²) in [5.41, 5.74) is 1.20. The molecule has 1 N–H and O–H groups in total. The van der Waals surface area contributed by atoms with Gasteiger partial charge in [-0.15, -0.1) is 0 Å². The molecule has 86 valence electrons. The van der Waals surface area contributed by atoms with Crippen LogP contribution in [-0.4, -0.2) is 11.8 Å². The predicted molar refractivity (Wildman–Crippen MR) is 67.5 cm³/mol. The Morgan fingerprint density at radius 3 is 2.65 bits per heavy atom. The van der Waals surface area contributed by atoms with Crippen LogP contribution in [-0.2, 0) is 4.79 Å². The third-order valence-corrected chi connectivity index (χ3v) is 3.51. The molecule has 0 radical (unpaired) electrons. The maximum Gasteiger partial charge on any atom is 0.143 e. The average molecular weight is 225 g/mol. The number of carbonyl (C=O) groups excluding carboxylic acids is 1. The molecule has 2 heteroatoms. The molecule has 1 fully saturated rings. The smallest absolute Gasteiger partial charge is 0.143 e. The van der Waals surface area contributed by atoms with Gasteiger partial charge in [0, 0.05) is 18.5 Å². The quantitative estimate of drug-likeness (QED) is 0.795.